The Labute approximate surface area is 428 Å². The van der Waals surface area contributed by atoms with Crippen LogP contribution in [-0.4, -0.2) is 163 Å². The number of rotatable bonds is 6. The molecule has 0 bridgehead atoms. The number of carbonyl (C=O) groups excluding carboxylic acids is 2. The molecule has 19 heteroatoms. The van der Waals surface area contributed by atoms with Crippen molar-refractivity contribution in [3.8, 4) is 22.8 Å². The van der Waals surface area contributed by atoms with E-state index >= 15 is 0 Å². The fourth-order valence-corrected chi connectivity index (χ4v) is 9.32. The second kappa shape index (κ2) is 23.4. The summed E-state index contributed by atoms with van der Waals surface area (Å²) in [5, 5.41) is 8.99. The van der Waals surface area contributed by atoms with Crippen LogP contribution in [0.2, 0.25) is 0 Å². The number of hydrogen-bond acceptors (Lipinski definition) is 15. The fraction of sp³-hybridized carbons (Fsp3) is 0.519. The van der Waals surface area contributed by atoms with Crippen molar-refractivity contribution < 1.29 is 33.6 Å². The van der Waals surface area contributed by atoms with Gasteiger partial charge >= 0.3 is 12.2 Å². The molecule has 2 amide bonds. The van der Waals surface area contributed by atoms with Crippen molar-refractivity contribution in [2.75, 3.05) is 82.6 Å². The number of piperidine rings is 1. The molecule has 0 radical (unpaired) electrons. The zero-order valence-corrected chi connectivity index (χ0v) is 43.1. The van der Waals surface area contributed by atoms with Gasteiger partial charge in [0.1, 0.15) is 34.1 Å². The van der Waals surface area contributed by atoms with Crippen molar-refractivity contribution in [2.24, 2.45) is 0 Å². The number of hydrogen-bond donors (Lipinski definition) is 3. The number of ether oxygens (including phenoxy) is 4. The molecule has 0 unspecified atom stereocenters. The number of aliphatic hydroxyl groups excluding tert-OH is 1. The molecule has 6 aromatic rings. The Bertz CT molecular complexity index is 2840. The van der Waals surface area contributed by atoms with Crippen LogP contribution in [0.1, 0.15) is 99.4 Å². The average Bonchev–Trinajstić information content (AvgIpc) is 4.07. The number of nitrogens with one attached hydrogen (secondary N) is 2. The average molecular weight is 1000 g/mol. The van der Waals surface area contributed by atoms with Crippen LogP contribution >= 0.6 is 0 Å². The van der Waals surface area contributed by atoms with Crippen LogP contribution in [0.4, 0.5) is 21.2 Å². The molecule has 0 spiro atoms. The van der Waals surface area contributed by atoms with E-state index in [4.69, 9.17) is 44.0 Å². The van der Waals surface area contributed by atoms with Crippen LogP contribution in [-0.2, 0) is 18.9 Å². The number of aromatic nitrogens is 8. The molecule has 3 N–H and O–H groups in total. The number of aromatic amines is 2. The zero-order valence-electron chi connectivity index (χ0n) is 43.1. The maximum Gasteiger partial charge on any atom is 0.410 e. The second-order valence-corrected chi connectivity index (χ2v) is 20.5. The number of H-pyrrole nitrogens is 2. The Morgan fingerprint density at radius 3 is 1.67 bits per heavy atom. The highest BCUT2D eigenvalue weighted by atomic mass is 16.6. The monoisotopic (exact) mass is 1000 g/mol. The van der Waals surface area contributed by atoms with E-state index in [1.807, 2.05) is 78.2 Å². The first-order valence-corrected chi connectivity index (χ1v) is 25.0. The summed E-state index contributed by atoms with van der Waals surface area (Å²) in [7, 11) is 1.00. The van der Waals surface area contributed by atoms with Crippen molar-refractivity contribution in [1.82, 2.24) is 49.7 Å². The van der Waals surface area contributed by atoms with Crippen molar-refractivity contribution in [3.05, 3.63) is 78.6 Å². The summed E-state index contributed by atoms with van der Waals surface area (Å²) < 4.78 is 22.4. The molecule has 0 aliphatic carbocycles. The number of carbonyl (C=O) groups is 2. The number of nitrogens with zero attached hydrogens (tertiary/aromatic N) is 10. The lowest BCUT2D eigenvalue weighted by molar-refractivity contribution is 0.0202. The van der Waals surface area contributed by atoms with Crippen molar-refractivity contribution in [1.29, 1.82) is 0 Å². The van der Waals surface area contributed by atoms with Gasteiger partial charge in [-0.1, -0.05) is 13.5 Å². The van der Waals surface area contributed by atoms with Gasteiger partial charge in [0.2, 0.25) is 0 Å². The van der Waals surface area contributed by atoms with Crippen molar-refractivity contribution >= 4 is 51.5 Å². The molecule has 2 atom stereocenters. The van der Waals surface area contributed by atoms with Gasteiger partial charge in [-0.05, 0) is 104 Å². The quantitative estimate of drug-likeness (QED) is 0.142. The van der Waals surface area contributed by atoms with Gasteiger partial charge in [0.15, 0.2) is 11.6 Å². The molecule has 3 saturated heterocycles. The molecule has 73 heavy (non-hydrogen) atoms. The first-order chi connectivity index (χ1) is 34.6. The van der Waals surface area contributed by atoms with Gasteiger partial charge in [0, 0.05) is 117 Å². The first-order valence-electron chi connectivity index (χ1n) is 25.0. The normalized spacial score (nSPS) is 18.7. The minimum atomic E-state index is -0.513. The third-order valence-electron chi connectivity index (χ3n) is 12.9. The van der Waals surface area contributed by atoms with Gasteiger partial charge in [0.05, 0.1) is 44.2 Å². The molecule has 10 heterocycles. The van der Waals surface area contributed by atoms with Crippen molar-refractivity contribution in [3.63, 3.8) is 0 Å². The molecule has 6 aromatic heterocycles. The van der Waals surface area contributed by atoms with E-state index in [0.29, 0.717) is 70.7 Å². The minimum Gasteiger partial charge on any atom is -0.444 e. The van der Waals surface area contributed by atoms with E-state index in [0.717, 1.165) is 94.8 Å². The van der Waals surface area contributed by atoms with Gasteiger partial charge in [-0.2, -0.15) is 0 Å². The van der Waals surface area contributed by atoms with Crippen molar-refractivity contribution in [2.45, 2.75) is 111 Å². The lowest BCUT2D eigenvalue weighted by Gasteiger charge is -2.36. The summed E-state index contributed by atoms with van der Waals surface area (Å²) in [5.74, 6) is 3.43. The minimum absolute atomic E-state index is 0. The molecule has 4 aliphatic heterocycles. The summed E-state index contributed by atoms with van der Waals surface area (Å²) >= 11 is 0. The Hall–Kier alpha value is -6.70. The van der Waals surface area contributed by atoms with E-state index in [2.05, 4.69) is 61.8 Å². The highest BCUT2D eigenvalue weighted by molar-refractivity contribution is 5.92. The SMILES string of the molecule is C.CO.C[C@@H]1COCCN1c1cc(C2=CCN(C(=O)OC(C)(C)C)CC2)nc(-c2ccnc3[nH]ccc23)n1.C[C@@H]1COCCN1c1cc(C2CCN(C(=O)OC(C)(C)C)CC2)nc(-c2ccnc3[nH]ccc23)n1. The fourth-order valence-electron chi connectivity index (χ4n) is 9.32. The number of likely N-dealkylation sites (tertiary alicyclic amines) is 1. The van der Waals surface area contributed by atoms with E-state index < -0.39 is 11.2 Å². The number of amides is 2. The highest BCUT2D eigenvalue weighted by Gasteiger charge is 2.31. The van der Waals surface area contributed by atoms with E-state index in [-0.39, 0.29) is 37.6 Å². The summed E-state index contributed by atoms with van der Waals surface area (Å²) in [5.41, 5.74) is 5.54. The summed E-state index contributed by atoms with van der Waals surface area (Å²) in [6, 6.07) is 12.6. The summed E-state index contributed by atoms with van der Waals surface area (Å²) in [6.07, 6.45) is 11.3. The van der Waals surface area contributed by atoms with Gasteiger partial charge in [0.25, 0.3) is 0 Å². The van der Waals surface area contributed by atoms with Crippen LogP contribution in [0, 0.1) is 0 Å². The van der Waals surface area contributed by atoms with E-state index in [1.54, 1.807) is 22.2 Å². The maximum absolute atomic E-state index is 12.5. The number of anilines is 2. The van der Waals surface area contributed by atoms with Crippen LogP contribution in [0.15, 0.2) is 67.3 Å². The topological polar surface area (TPSA) is 213 Å². The standard InChI is InChI=1S/C26H34N6O3.C26H32N6O3.CH4O.CH4/c2*1-17-16-34-14-13-32(17)22-15-21(18-7-11-31(12-8-18)25(33)35-26(2,3)4)29-24(30-22)20-6-10-28-23-19(20)5-9-27-23;1-2;/h5-6,9-10,15,17-18H,7-8,11-14,16H2,1-4H3,(H,27,28);5-7,9-10,15,17H,8,11-14,16H2,1-4H3,(H,27,28);2H,1H3;1H4/t2*17-;;/m11../s1. The van der Waals surface area contributed by atoms with Gasteiger partial charge in [-0.15, -0.1) is 0 Å². The zero-order chi connectivity index (χ0) is 51.2. The summed E-state index contributed by atoms with van der Waals surface area (Å²) in [6.45, 7) is 22.3. The Morgan fingerprint density at radius 1 is 0.671 bits per heavy atom. The third kappa shape index (κ3) is 13.1. The molecule has 19 nitrogen and oxygen atoms in total. The number of aliphatic hydroxyl groups is 1. The molecule has 392 valence electrons. The Morgan fingerprint density at radius 2 is 1.18 bits per heavy atom. The second-order valence-electron chi connectivity index (χ2n) is 20.5. The van der Waals surface area contributed by atoms with Crippen LogP contribution < -0.4 is 9.80 Å². The number of pyridine rings is 2. The molecular formula is C54H74N12O7. The van der Waals surface area contributed by atoms with Crippen LogP contribution in [0.3, 0.4) is 0 Å². The summed E-state index contributed by atoms with van der Waals surface area (Å²) in [4.78, 5) is 68.4. The molecule has 4 aliphatic rings. The highest BCUT2D eigenvalue weighted by Crippen LogP contribution is 2.35. The Balaban J connectivity index is 0.000000204. The number of fused-ring (bicyclic) bond motifs is 2. The maximum atomic E-state index is 12.5. The lowest BCUT2D eigenvalue weighted by Crippen LogP contribution is -2.44. The first kappa shape index (κ1) is 54.1. The molecular weight excluding hydrogens is 929 g/mol. The van der Waals surface area contributed by atoms with E-state index in [1.165, 1.54) is 0 Å². The third-order valence-corrected chi connectivity index (χ3v) is 12.9. The predicted molar refractivity (Wildman–Crippen MR) is 285 cm³/mol. The van der Waals surface area contributed by atoms with E-state index in [9.17, 15) is 9.59 Å². The molecule has 0 saturated carbocycles. The van der Waals surface area contributed by atoms with Gasteiger partial charge < -0.3 is 53.6 Å². The molecule has 0 aromatic carbocycles. The Kier molecular flexibility index (Phi) is 17.4. The smallest absolute Gasteiger partial charge is 0.410 e. The van der Waals surface area contributed by atoms with Gasteiger partial charge in [-0.25, -0.2) is 39.5 Å². The number of morpholine rings is 2. The largest absolute Gasteiger partial charge is 0.444 e. The predicted octanol–water partition coefficient (Wildman–Crippen LogP) is 8.87. The lowest BCUT2D eigenvalue weighted by atomic mass is 9.93. The van der Waals surface area contributed by atoms with Crippen LogP contribution in [0.5, 0.6) is 0 Å². The molecule has 3 fully saturated rings. The van der Waals surface area contributed by atoms with Gasteiger partial charge in [-0.3, -0.25) is 0 Å². The van der Waals surface area contributed by atoms with Crippen LogP contribution in [0.25, 0.3) is 50.4 Å². The molecule has 10 rings (SSSR count).